The van der Waals surface area contributed by atoms with E-state index in [0.29, 0.717) is 29.0 Å². The molecule has 0 saturated heterocycles. The Morgan fingerprint density at radius 2 is 1.90 bits per heavy atom. The Balaban J connectivity index is 2.55. The highest BCUT2D eigenvalue weighted by Gasteiger charge is 2.22. The number of halogens is 2. The molecule has 0 bridgehead atoms. The van der Waals surface area contributed by atoms with Gasteiger partial charge in [-0.05, 0) is 42.8 Å². The van der Waals surface area contributed by atoms with E-state index in [0.717, 1.165) is 0 Å². The molecule has 4 heteroatoms. The number of hydrogen-bond donors (Lipinski definition) is 1. The minimum absolute atomic E-state index is 0.300. The normalized spacial score (nSPS) is 12.2. The van der Waals surface area contributed by atoms with Crippen molar-refractivity contribution in [2.24, 2.45) is 0 Å². The first-order valence-corrected chi connectivity index (χ1v) is 6.90. The van der Waals surface area contributed by atoms with E-state index in [1.54, 1.807) is 31.2 Å². The van der Waals surface area contributed by atoms with Crippen LogP contribution in [0.4, 0.5) is 8.78 Å². The van der Waals surface area contributed by atoms with Gasteiger partial charge in [0.25, 0.3) is 0 Å². The molecule has 21 heavy (non-hydrogen) atoms. The van der Waals surface area contributed by atoms with Crippen molar-refractivity contribution in [3.63, 3.8) is 0 Å². The lowest BCUT2D eigenvalue weighted by Crippen LogP contribution is -2.23. The van der Waals surface area contributed by atoms with Crippen LogP contribution in [0, 0.1) is 18.6 Å². The van der Waals surface area contributed by atoms with Crippen molar-refractivity contribution in [3.05, 3.63) is 64.7 Å². The molecule has 1 unspecified atom stereocenters. The molecule has 0 spiro atoms. The third-order valence-corrected chi connectivity index (χ3v) is 3.46. The van der Waals surface area contributed by atoms with Gasteiger partial charge in [0.05, 0.1) is 18.7 Å². The van der Waals surface area contributed by atoms with E-state index in [2.05, 4.69) is 5.32 Å². The van der Waals surface area contributed by atoms with Crippen molar-refractivity contribution in [1.82, 2.24) is 5.32 Å². The number of ether oxygens (including phenoxy) is 1. The smallest absolute Gasteiger partial charge is 0.132 e. The summed E-state index contributed by atoms with van der Waals surface area (Å²) in [5.41, 5.74) is 1.63. The minimum atomic E-state index is -0.457. The van der Waals surface area contributed by atoms with Crippen LogP contribution >= 0.6 is 0 Å². The molecule has 112 valence electrons. The number of rotatable bonds is 5. The van der Waals surface area contributed by atoms with Crippen molar-refractivity contribution in [1.29, 1.82) is 0 Å². The Labute approximate surface area is 123 Å². The zero-order valence-electron chi connectivity index (χ0n) is 12.4. The highest BCUT2D eigenvalue weighted by atomic mass is 19.1. The maximum Gasteiger partial charge on any atom is 0.132 e. The Morgan fingerprint density at radius 3 is 2.52 bits per heavy atom. The van der Waals surface area contributed by atoms with E-state index in [9.17, 15) is 8.78 Å². The van der Waals surface area contributed by atoms with Crippen LogP contribution < -0.4 is 10.1 Å². The number of aryl methyl sites for hydroxylation is 1. The van der Waals surface area contributed by atoms with Gasteiger partial charge in [0.1, 0.15) is 17.4 Å². The molecule has 0 aliphatic carbocycles. The van der Waals surface area contributed by atoms with Crippen LogP contribution in [0.25, 0.3) is 0 Å². The van der Waals surface area contributed by atoms with Gasteiger partial charge in [0.15, 0.2) is 0 Å². The largest absolute Gasteiger partial charge is 0.496 e. The molecule has 2 rings (SSSR count). The van der Waals surface area contributed by atoms with Gasteiger partial charge in [0, 0.05) is 0 Å². The third kappa shape index (κ3) is 3.22. The summed E-state index contributed by atoms with van der Waals surface area (Å²) in [7, 11) is 1.50. The molecule has 2 aromatic rings. The van der Waals surface area contributed by atoms with Crippen LogP contribution in [-0.4, -0.2) is 13.7 Å². The topological polar surface area (TPSA) is 21.3 Å². The molecule has 1 N–H and O–H groups in total. The second kappa shape index (κ2) is 6.68. The molecule has 0 aliphatic rings. The lowest BCUT2D eigenvalue weighted by molar-refractivity contribution is 0.397. The monoisotopic (exact) mass is 291 g/mol. The van der Waals surface area contributed by atoms with E-state index in [1.165, 1.54) is 19.2 Å². The second-order valence-corrected chi connectivity index (χ2v) is 4.86. The minimum Gasteiger partial charge on any atom is -0.496 e. The number of nitrogens with one attached hydrogen (secondary N) is 1. The first-order chi connectivity index (χ1) is 10.1. The molecule has 1 atom stereocenters. The van der Waals surface area contributed by atoms with Crippen molar-refractivity contribution >= 4 is 0 Å². The molecule has 0 aliphatic heterocycles. The molecular weight excluding hydrogens is 272 g/mol. The van der Waals surface area contributed by atoms with E-state index >= 15 is 0 Å². The van der Waals surface area contributed by atoms with Gasteiger partial charge < -0.3 is 10.1 Å². The SMILES string of the molecule is CCNC(c1ccc(C)c(F)c1)c1c(F)cccc1OC. The first kappa shape index (κ1) is 15.4. The van der Waals surface area contributed by atoms with Crippen molar-refractivity contribution in [2.75, 3.05) is 13.7 Å². The van der Waals surface area contributed by atoms with Crippen LogP contribution in [0.5, 0.6) is 5.75 Å². The standard InChI is InChI=1S/C17H19F2NO/c1-4-20-17(12-9-8-11(2)14(19)10-12)16-13(18)6-5-7-15(16)21-3/h5-10,17,20H,4H2,1-3H3. The Morgan fingerprint density at radius 1 is 1.14 bits per heavy atom. The summed E-state index contributed by atoms with van der Waals surface area (Å²) >= 11 is 0. The Kier molecular flexibility index (Phi) is 4.91. The van der Waals surface area contributed by atoms with E-state index in [-0.39, 0.29) is 11.6 Å². The predicted octanol–water partition coefficient (Wildman–Crippen LogP) is 3.98. The molecule has 0 fully saturated rings. The lowest BCUT2D eigenvalue weighted by Gasteiger charge is -2.22. The van der Waals surface area contributed by atoms with Crippen molar-refractivity contribution < 1.29 is 13.5 Å². The fourth-order valence-corrected chi connectivity index (χ4v) is 2.35. The molecular formula is C17H19F2NO. The van der Waals surface area contributed by atoms with Gasteiger partial charge in [-0.15, -0.1) is 0 Å². The number of methoxy groups -OCH3 is 1. The number of hydrogen-bond acceptors (Lipinski definition) is 2. The molecule has 0 heterocycles. The quantitative estimate of drug-likeness (QED) is 0.899. The fraction of sp³-hybridized carbons (Fsp3) is 0.294. The van der Waals surface area contributed by atoms with E-state index in [1.807, 2.05) is 6.92 Å². The van der Waals surface area contributed by atoms with E-state index in [4.69, 9.17) is 4.74 Å². The Hall–Kier alpha value is -1.94. The maximum absolute atomic E-state index is 14.3. The predicted molar refractivity (Wildman–Crippen MR) is 79.6 cm³/mol. The summed E-state index contributed by atoms with van der Waals surface area (Å²) in [5, 5.41) is 3.19. The summed E-state index contributed by atoms with van der Waals surface area (Å²) < 4.78 is 33.3. The van der Waals surface area contributed by atoms with Gasteiger partial charge in [-0.2, -0.15) is 0 Å². The molecule has 0 amide bonds. The summed E-state index contributed by atoms with van der Waals surface area (Å²) in [6.07, 6.45) is 0. The third-order valence-electron chi connectivity index (χ3n) is 3.46. The first-order valence-electron chi connectivity index (χ1n) is 6.90. The summed E-state index contributed by atoms with van der Waals surface area (Å²) in [6, 6.07) is 9.16. The van der Waals surface area contributed by atoms with E-state index < -0.39 is 6.04 Å². The molecule has 0 saturated carbocycles. The molecule has 0 radical (unpaired) electrons. The average Bonchev–Trinajstić information content (AvgIpc) is 2.48. The van der Waals surface area contributed by atoms with Gasteiger partial charge in [0.2, 0.25) is 0 Å². The number of benzene rings is 2. The second-order valence-electron chi connectivity index (χ2n) is 4.86. The van der Waals surface area contributed by atoms with Crippen molar-refractivity contribution in [2.45, 2.75) is 19.9 Å². The fourth-order valence-electron chi connectivity index (χ4n) is 2.35. The Bertz CT molecular complexity index is 628. The maximum atomic E-state index is 14.3. The zero-order valence-corrected chi connectivity index (χ0v) is 12.4. The van der Waals surface area contributed by atoms with Crippen LogP contribution in [0.1, 0.15) is 29.7 Å². The van der Waals surface area contributed by atoms with Crippen LogP contribution in [0.3, 0.4) is 0 Å². The van der Waals surface area contributed by atoms with Crippen LogP contribution in [0.15, 0.2) is 36.4 Å². The lowest BCUT2D eigenvalue weighted by atomic mass is 9.96. The summed E-state index contributed by atoms with van der Waals surface area (Å²) in [5.74, 6) is -0.228. The average molecular weight is 291 g/mol. The highest BCUT2D eigenvalue weighted by molar-refractivity contribution is 5.43. The van der Waals surface area contributed by atoms with Gasteiger partial charge in [-0.1, -0.05) is 25.1 Å². The molecule has 2 aromatic carbocycles. The van der Waals surface area contributed by atoms with Gasteiger partial charge in [-0.25, -0.2) is 8.78 Å². The van der Waals surface area contributed by atoms with Crippen LogP contribution in [-0.2, 0) is 0 Å². The summed E-state index contributed by atoms with van der Waals surface area (Å²) in [6.45, 7) is 4.24. The summed E-state index contributed by atoms with van der Waals surface area (Å²) in [4.78, 5) is 0. The van der Waals surface area contributed by atoms with Crippen LogP contribution in [0.2, 0.25) is 0 Å². The van der Waals surface area contributed by atoms with Crippen molar-refractivity contribution in [3.8, 4) is 5.75 Å². The van der Waals surface area contributed by atoms with Gasteiger partial charge >= 0.3 is 0 Å². The zero-order chi connectivity index (χ0) is 15.4. The molecule has 2 nitrogen and oxygen atoms in total. The molecule has 0 aromatic heterocycles. The highest BCUT2D eigenvalue weighted by Crippen LogP contribution is 2.32. The van der Waals surface area contributed by atoms with Gasteiger partial charge in [-0.3, -0.25) is 0 Å².